The van der Waals surface area contributed by atoms with Crippen LogP contribution < -0.4 is 5.43 Å². The van der Waals surface area contributed by atoms with E-state index in [2.05, 4.69) is 6.58 Å². The SMILES string of the molecule is C=C(Cn1ccc(=O)c2ccccc21)[B-](F)(F)F. The van der Waals surface area contributed by atoms with Gasteiger partial charge in [-0.05, 0) is 12.1 Å². The molecule has 18 heavy (non-hydrogen) atoms. The summed E-state index contributed by atoms with van der Waals surface area (Å²) in [6, 6.07) is 7.83. The highest BCUT2D eigenvalue weighted by Crippen LogP contribution is 2.21. The van der Waals surface area contributed by atoms with Crippen molar-refractivity contribution in [1.29, 1.82) is 0 Å². The number of benzene rings is 1. The fraction of sp³-hybridized carbons (Fsp3) is 0.0833. The van der Waals surface area contributed by atoms with Gasteiger partial charge in [0.1, 0.15) is 0 Å². The lowest BCUT2D eigenvalue weighted by Crippen LogP contribution is -2.23. The van der Waals surface area contributed by atoms with Gasteiger partial charge in [-0.2, -0.15) is 0 Å². The maximum absolute atomic E-state index is 12.5. The van der Waals surface area contributed by atoms with Gasteiger partial charge in [0.05, 0.1) is 5.52 Å². The lowest BCUT2D eigenvalue weighted by atomic mass is 9.80. The first-order valence-electron chi connectivity index (χ1n) is 5.35. The first kappa shape index (κ1) is 12.5. The van der Waals surface area contributed by atoms with E-state index >= 15 is 0 Å². The van der Waals surface area contributed by atoms with Gasteiger partial charge in [-0.15, -0.1) is 12.1 Å². The molecule has 0 aliphatic rings. The van der Waals surface area contributed by atoms with Crippen LogP contribution in [0.3, 0.4) is 0 Å². The average Bonchev–Trinajstić information content (AvgIpc) is 2.32. The third-order valence-electron chi connectivity index (χ3n) is 2.72. The third kappa shape index (κ3) is 2.32. The van der Waals surface area contributed by atoms with Crippen molar-refractivity contribution in [3.05, 3.63) is 58.8 Å². The molecule has 2 nitrogen and oxygen atoms in total. The van der Waals surface area contributed by atoms with Gasteiger partial charge in [-0.3, -0.25) is 4.79 Å². The highest BCUT2D eigenvalue weighted by atomic mass is 19.4. The van der Waals surface area contributed by atoms with E-state index < -0.39 is 12.4 Å². The number of aromatic nitrogens is 1. The van der Waals surface area contributed by atoms with Crippen LogP contribution in [0.5, 0.6) is 0 Å². The molecule has 0 amide bonds. The Morgan fingerprint density at radius 2 is 1.89 bits per heavy atom. The average molecular weight is 252 g/mol. The van der Waals surface area contributed by atoms with Gasteiger partial charge in [0.2, 0.25) is 0 Å². The van der Waals surface area contributed by atoms with E-state index in [9.17, 15) is 17.7 Å². The van der Waals surface area contributed by atoms with Gasteiger partial charge in [-0.25, -0.2) is 0 Å². The summed E-state index contributed by atoms with van der Waals surface area (Å²) in [5.41, 5.74) is -0.514. The van der Waals surface area contributed by atoms with Gasteiger partial charge in [0.25, 0.3) is 0 Å². The van der Waals surface area contributed by atoms with Gasteiger partial charge in [0.15, 0.2) is 5.43 Å². The molecule has 1 heterocycles. The molecule has 0 radical (unpaired) electrons. The van der Waals surface area contributed by atoms with E-state index in [4.69, 9.17) is 0 Å². The number of hydrogen-bond donors (Lipinski definition) is 0. The zero-order chi connectivity index (χ0) is 13.3. The Bertz CT molecular complexity index is 660. The number of rotatable bonds is 3. The Kier molecular flexibility index (Phi) is 3.03. The number of allylic oxidation sites excluding steroid dienone is 1. The van der Waals surface area contributed by atoms with Gasteiger partial charge in [0, 0.05) is 24.2 Å². The molecular formula is C12H10BF3NO-. The summed E-state index contributed by atoms with van der Waals surface area (Å²) in [5, 5.41) is 0.405. The van der Waals surface area contributed by atoms with Crippen LogP contribution in [0.25, 0.3) is 10.9 Å². The molecule has 0 aliphatic carbocycles. The van der Waals surface area contributed by atoms with Crippen molar-refractivity contribution in [1.82, 2.24) is 4.57 Å². The minimum absolute atomic E-state index is 0.204. The molecule has 0 unspecified atom stereocenters. The molecule has 0 fully saturated rings. The smallest absolute Gasteiger partial charge is 0.445 e. The predicted molar refractivity (Wildman–Crippen MR) is 66.4 cm³/mol. The van der Waals surface area contributed by atoms with Crippen molar-refractivity contribution >= 4 is 17.9 Å². The van der Waals surface area contributed by atoms with E-state index in [0.29, 0.717) is 10.9 Å². The monoisotopic (exact) mass is 252 g/mol. The molecular weight excluding hydrogens is 242 g/mol. The topological polar surface area (TPSA) is 22.0 Å². The molecule has 1 aromatic carbocycles. The maximum Gasteiger partial charge on any atom is 0.506 e. The van der Waals surface area contributed by atoms with Crippen LogP contribution in [0.15, 0.2) is 53.4 Å². The van der Waals surface area contributed by atoms with E-state index in [1.54, 1.807) is 24.3 Å². The van der Waals surface area contributed by atoms with Gasteiger partial charge in [-0.1, -0.05) is 12.1 Å². The molecule has 0 atom stereocenters. The van der Waals surface area contributed by atoms with Crippen LogP contribution >= 0.6 is 0 Å². The molecule has 2 aromatic rings. The van der Waals surface area contributed by atoms with E-state index in [0.717, 1.165) is 0 Å². The second kappa shape index (κ2) is 4.36. The van der Waals surface area contributed by atoms with E-state index in [1.165, 1.54) is 16.8 Å². The molecule has 0 spiro atoms. The minimum atomic E-state index is -5.06. The molecule has 1 aromatic heterocycles. The van der Waals surface area contributed by atoms with Crippen molar-refractivity contribution in [3.8, 4) is 0 Å². The van der Waals surface area contributed by atoms with Crippen LogP contribution in [-0.2, 0) is 6.54 Å². The summed E-state index contributed by atoms with van der Waals surface area (Å²) in [5.74, 6) is 0. The second-order valence-electron chi connectivity index (χ2n) is 4.06. The Labute approximate surface area is 101 Å². The molecule has 6 heteroatoms. The standard InChI is InChI=1S/C12H10BF3NO/c1-9(13(14,15)16)8-17-7-6-12(18)10-4-2-3-5-11(10)17/h2-7H,1,8H2/q-1. The number of halogens is 3. The zero-order valence-electron chi connectivity index (χ0n) is 9.45. The second-order valence-corrected chi connectivity index (χ2v) is 4.06. The normalized spacial score (nSPS) is 11.7. The summed E-state index contributed by atoms with van der Waals surface area (Å²) in [4.78, 5) is 11.6. The van der Waals surface area contributed by atoms with Crippen LogP contribution in [0.2, 0.25) is 0 Å². The fourth-order valence-corrected chi connectivity index (χ4v) is 1.72. The van der Waals surface area contributed by atoms with Crippen LogP contribution in [-0.4, -0.2) is 11.5 Å². The van der Waals surface area contributed by atoms with Gasteiger partial charge >= 0.3 is 6.98 Å². The lowest BCUT2D eigenvalue weighted by Gasteiger charge is -2.20. The first-order chi connectivity index (χ1) is 8.39. The van der Waals surface area contributed by atoms with Crippen molar-refractivity contribution in [2.24, 2.45) is 0 Å². The molecule has 0 saturated heterocycles. The highest BCUT2D eigenvalue weighted by molar-refractivity contribution is 6.66. The summed E-state index contributed by atoms with van der Waals surface area (Å²) >= 11 is 0. The number of hydrogen-bond acceptors (Lipinski definition) is 1. The summed E-state index contributed by atoms with van der Waals surface area (Å²) in [7, 11) is 0. The Morgan fingerprint density at radius 3 is 2.56 bits per heavy atom. The Hall–Kier alpha value is -1.98. The van der Waals surface area contributed by atoms with E-state index in [1.807, 2.05) is 0 Å². The van der Waals surface area contributed by atoms with Crippen molar-refractivity contribution in [2.75, 3.05) is 0 Å². The molecule has 0 bridgehead atoms. The Morgan fingerprint density at radius 1 is 1.22 bits per heavy atom. The van der Waals surface area contributed by atoms with Crippen LogP contribution in [0.4, 0.5) is 12.9 Å². The largest absolute Gasteiger partial charge is 0.506 e. The quantitative estimate of drug-likeness (QED) is 0.769. The maximum atomic E-state index is 12.5. The molecule has 0 saturated carbocycles. The predicted octanol–water partition coefficient (Wildman–Crippen LogP) is 2.94. The highest BCUT2D eigenvalue weighted by Gasteiger charge is 2.26. The summed E-state index contributed by atoms with van der Waals surface area (Å²) in [6.07, 6.45) is 1.36. The molecule has 0 aliphatic heterocycles. The number of pyridine rings is 1. The number of nitrogens with zero attached hydrogens (tertiary/aromatic N) is 1. The minimum Gasteiger partial charge on any atom is -0.445 e. The van der Waals surface area contributed by atoms with E-state index in [-0.39, 0.29) is 12.0 Å². The van der Waals surface area contributed by atoms with Crippen molar-refractivity contribution < 1.29 is 12.9 Å². The first-order valence-corrected chi connectivity index (χ1v) is 5.35. The van der Waals surface area contributed by atoms with Crippen molar-refractivity contribution in [2.45, 2.75) is 6.54 Å². The Balaban J connectivity index is 2.50. The molecule has 0 N–H and O–H groups in total. The summed E-state index contributed by atoms with van der Waals surface area (Å²) in [6.45, 7) is -2.36. The van der Waals surface area contributed by atoms with Gasteiger partial charge < -0.3 is 17.5 Å². The molecule has 2 rings (SSSR count). The van der Waals surface area contributed by atoms with Crippen LogP contribution in [0.1, 0.15) is 0 Å². The molecule has 94 valence electrons. The van der Waals surface area contributed by atoms with Crippen LogP contribution in [0, 0.1) is 0 Å². The van der Waals surface area contributed by atoms with Crippen molar-refractivity contribution in [3.63, 3.8) is 0 Å². The fourth-order valence-electron chi connectivity index (χ4n) is 1.72. The third-order valence-corrected chi connectivity index (χ3v) is 2.72. The zero-order valence-corrected chi connectivity index (χ0v) is 9.45. The lowest BCUT2D eigenvalue weighted by molar-refractivity contribution is 0.483. The number of para-hydroxylation sites is 1. The number of fused-ring (bicyclic) bond motifs is 1. The summed E-state index contributed by atoms with van der Waals surface area (Å²) < 4.78 is 38.9.